The third-order valence-corrected chi connectivity index (χ3v) is 3.98. The zero-order valence-electron chi connectivity index (χ0n) is 13.3. The van der Waals surface area contributed by atoms with Gasteiger partial charge in [-0.1, -0.05) is 16.9 Å². The highest BCUT2D eigenvalue weighted by molar-refractivity contribution is 7.98. The van der Waals surface area contributed by atoms with Gasteiger partial charge in [0.15, 0.2) is 5.16 Å². The normalized spacial score (nSPS) is 10.4. The average Bonchev–Trinajstić information content (AvgIpc) is 3.10. The lowest BCUT2D eigenvalue weighted by Gasteiger charge is -2.02. The van der Waals surface area contributed by atoms with Gasteiger partial charge in [0.05, 0.1) is 18.6 Å². The molecule has 9 heteroatoms. The molecule has 0 aliphatic rings. The number of nitrogens with two attached hydrogens (primary N) is 1. The molecule has 0 aliphatic carbocycles. The summed E-state index contributed by atoms with van der Waals surface area (Å²) in [5, 5.41) is 13.2. The molecule has 0 saturated carbocycles. The molecule has 0 amide bonds. The molecule has 0 spiro atoms. The maximum atomic E-state index is 8.82. The van der Waals surface area contributed by atoms with Crippen LogP contribution in [0.3, 0.4) is 0 Å². The molecule has 3 aromatic rings. The van der Waals surface area contributed by atoms with Gasteiger partial charge in [0.1, 0.15) is 23.2 Å². The first kappa shape index (κ1) is 16.7. The average molecular weight is 354 g/mol. The lowest BCUT2D eigenvalue weighted by atomic mass is 10.2. The van der Waals surface area contributed by atoms with Gasteiger partial charge < -0.3 is 15.0 Å². The zero-order valence-corrected chi connectivity index (χ0v) is 14.2. The number of hydrogen-bond donors (Lipinski definition) is 1. The minimum atomic E-state index is 0.153. The van der Waals surface area contributed by atoms with E-state index in [0.717, 1.165) is 11.3 Å². The summed E-state index contributed by atoms with van der Waals surface area (Å²) < 4.78 is 10.6. The summed E-state index contributed by atoms with van der Waals surface area (Å²) in [6.07, 6.45) is 1.39. The van der Waals surface area contributed by atoms with Gasteiger partial charge in [0, 0.05) is 5.56 Å². The molecule has 0 radical (unpaired) electrons. The van der Waals surface area contributed by atoms with Gasteiger partial charge in [-0.05, 0) is 31.2 Å². The van der Waals surface area contributed by atoms with E-state index in [1.807, 2.05) is 37.3 Å². The summed E-state index contributed by atoms with van der Waals surface area (Å²) in [6.45, 7) is 2.55. The van der Waals surface area contributed by atoms with Gasteiger partial charge in [-0.2, -0.15) is 10.2 Å². The van der Waals surface area contributed by atoms with Gasteiger partial charge >= 0.3 is 0 Å². The van der Waals surface area contributed by atoms with E-state index in [2.05, 4.69) is 20.1 Å². The molecule has 3 rings (SSSR count). The van der Waals surface area contributed by atoms with Crippen molar-refractivity contribution in [2.75, 3.05) is 12.3 Å². The number of ether oxygens (including phenoxy) is 1. The highest BCUT2D eigenvalue weighted by Gasteiger charge is 2.11. The topological polar surface area (TPSA) is 124 Å². The molecule has 0 unspecified atom stereocenters. The predicted molar refractivity (Wildman–Crippen MR) is 91.6 cm³/mol. The monoisotopic (exact) mass is 354 g/mol. The van der Waals surface area contributed by atoms with Crippen LogP contribution >= 0.6 is 11.8 Å². The predicted octanol–water partition coefficient (Wildman–Crippen LogP) is 2.67. The van der Waals surface area contributed by atoms with Gasteiger partial charge in [-0.25, -0.2) is 9.97 Å². The fraction of sp³-hybridized carbons (Fsp3) is 0.188. The van der Waals surface area contributed by atoms with Gasteiger partial charge in [0.25, 0.3) is 0 Å². The molecular formula is C16H14N6O2S. The van der Waals surface area contributed by atoms with Crippen LogP contribution in [-0.2, 0) is 5.75 Å². The molecule has 0 bridgehead atoms. The van der Waals surface area contributed by atoms with Gasteiger partial charge in [-0.3, -0.25) is 0 Å². The number of thioether (sulfide) groups is 1. The zero-order chi connectivity index (χ0) is 17.6. The Morgan fingerprint density at radius 3 is 2.76 bits per heavy atom. The molecular weight excluding hydrogens is 340 g/mol. The van der Waals surface area contributed by atoms with Gasteiger partial charge in [-0.15, -0.1) is 0 Å². The lowest BCUT2D eigenvalue weighted by molar-refractivity contribution is 0.340. The number of nitrogens with zero attached hydrogens (tertiary/aromatic N) is 5. The van der Waals surface area contributed by atoms with Crippen LogP contribution in [-0.4, -0.2) is 26.7 Å². The number of nitriles is 1. The molecule has 126 valence electrons. The molecule has 0 atom stereocenters. The maximum Gasteiger partial charge on any atom is 0.237 e. The van der Waals surface area contributed by atoms with Crippen molar-refractivity contribution in [3.8, 4) is 23.2 Å². The van der Waals surface area contributed by atoms with Crippen LogP contribution in [0.15, 0.2) is 40.1 Å². The summed E-state index contributed by atoms with van der Waals surface area (Å²) in [6, 6.07) is 9.38. The highest BCUT2D eigenvalue weighted by atomic mass is 32.2. The van der Waals surface area contributed by atoms with Crippen LogP contribution in [0.4, 0.5) is 5.82 Å². The fourth-order valence-corrected chi connectivity index (χ4v) is 2.62. The van der Waals surface area contributed by atoms with Crippen molar-refractivity contribution in [2.24, 2.45) is 0 Å². The maximum absolute atomic E-state index is 8.82. The Morgan fingerprint density at radius 2 is 2.08 bits per heavy atom. The summed E-state index contributed by atoms with van der Waals surface area (Å²) >= 11 is 1.30. The standard InChI is InChI=1S/C16H14N6O2S/c1-2-23-12-5-3-10(4-6-12)15-20-13(24-22-15)9-25-16-19-8-11(7-17)14(18)21-16/h3-6,8H,2,9H2,1H3,(H2,18,19,21). The number of aromatic nitrogens is 4. The smallest absolute Gasteiger partial charge is 0.237 e. The SMILES string of the molecule is CCOc1ccc(-c2noc(CSc3ncc(C#N)c(N)n3)n2)cc1. The van der Waals surface area contributed by atoms with E-state index >= 15 is 0 Å². The Hall–Kier alpha value is -3.12. The first-order valence-electron chi connectivity index (χ1n) is 7.41. The third kappa shape index (κ3) is 4.05. The minimum Gasteiger partial charge on any atom is -0.494 e. The van der Waals surface area contributed by atoms with Crippen molar-refractivity contribution in [3.63, 3.8) is 0 Å². The van der Waals surface area contributed by atoms with E-state index in [4.69, 9.17) is 20.3 Å². The van der Waals surface area contributed by atoms with E-state index < -0.39 is 0 Å². The first-order chi connectivity index (χ1) is 12.2. The minimum absolute atomic E-state index is 0.153. The molecule has 2 N–H and O–H groups in total. The number of rotatable bonds is 6. The molecule has 0 saturated heterocycles. The number of benzene rings is 1. The number of anilines is 1. The largest absolute Gasteiger partial charge is 0.494 e. The van der Waals surface area contributed by atoms with Gasteiger partial charge in [0.2, 0.25) is 11.7 Å². The third-order valence-electron chi connectivity index (χ3n) is 3.13. The molecule has 0 fully saturated rings. The van der Waals surface area contributed by atoms with Crippen LogP contribution < -0.4 is 10.5 Å². The second-order valence-electron chi connectivity index (χ2n) is 4.82. The van der Waals surface area contributed by atoms with Crippen molar-refractivity contribution < 1.29 is 9.26 Å². The van der Waals surface area contributed by atoms with Crippen LogP contribution in [0.5, 0.6) is 5.75 Å². The van der Waals surface area contributed by atoms with Crippen molar-refractivity contribution in [1.29, 1.82) is 5.26 Å². The Balaban J connectivity index is 1.65. The van der Waals surface area contributed by atoms with E-state index in [1.165, 1.54) is 18.0 Å². The molecule has 1 aromatic carbocycles. The second-order valence-corrected chi connectivity index (χ2v) is 5.76. The Bertz CT molecular complexity index is 904. The van der Waals surface area contributed by atoms with Crippen molar-refractivity contribution in [1.82, 2.24) is 20.1 Å². The molecule has 2 aromatic heterocycles. The van der Waals surface area contributed by atoms with Crippen LogP contribution in [0.25, 0.3) is 11.4 Å². The van der Waals surface area contributed by atoms with Crippen molar-refractivity contribution in [3.05, 3.63) is 41.9 Å². The van der Waals surface area contributed by atoms with Crippen LogP contribution in [0.2, 0.25) is 0 Å². The summed E-state index contributed by atoms with van der Waals surface area (Å²) in [5.41, 5.74) is 6.75. The Morgan fingerprint density at radius 1 is 1.28 bits per heavy atom. The Labute approximate surface area is 148 Å². The van der Waals surface area contributed by atoms with E-state index in [-0.39, 0.29) is 11.4 Å². The molecule has 2 heterocycles. The first-order valence-corrected chi connectivity index (χ1v) is 8.39. The molecule has 0 aliphatic heterocycles. The lowest BCUT2D eigenvalue weighted by Crippen LogP contribution is -1.98. The number of nitrogen functional groups attached to an aromatic ring is 1. The summed E-state index contributed by atoms with van der Waals surface area (Å²) in [7, 11) is 0. The number of hydrogen-bond acceptors (Lipinski definition) is 9. The highest BCUT2D eigenvalue weighted by Crippen LogP contribution is 2.23. The summed E-state index contributed by atoms with van der Waals surface area (Å²) in [5.74, 6) is 2.29. The fourth-order valence-electron chi connectivity index (χ4n) is 1.96. The quantitative estimate of drug-likeness (QED) is 0.525. The van der Waals surface area contributed by atoms with Crippen molar-refractivity contribution >= 4 is 17.6 Å². The van der Waals surface area contributed by atoms with Crippen molar-refractivity contribution in [2.45, 2.75) is 17.8 Å². The second kappa shape index (κ2) is 7.63. The van der Waals surface area contributed by atoms with E-state index in [0.29, 0.717) is 29.2 Å². The Kier molecular flexibility index (Phi) is 5.11. The molecule has 25 heavy (non-hydrogen) atoms. The van der Waals surface area contributed by atoms with Crippen LogP contribution in [0, 0.1) is 11.3 Å². The van der Waals surface area contributed by atoms with Crippen LogP contribution in [0.1, 0.15) is 18.4 Å². The van der Waals surface area contributed by atoms with E-state index in [9.17, 15) is 0 Å². The summed E-state index contributed by atoms with van der Waals surface area (Å²) in [4.78, 5) is 12.5. The van der Waals surface area contributed by atoms with E-state index in [1.54, 1.807) is 0 Å². The molecule has 8 nitrogen and oxygen atoms in total.